The van der Waals surface area contributed by atoms with E-state index in [1.165, 1.54) is 0 Å². The summed E-state index contributed by atoms with van der Waals surface area (Å²) in [5.41, 5.74) is 3.64. The van der Waals surface area contributed by atoms with Gasteiger partial charge in [-0.05, 0) is 35.9 Å². The Morgan fingerprint density at radius 2 is 1.90 bits per heavy atom. The standard InChI is InChI=1S/C16H15N3O/c1-19(2)12-7-5-11(6-8-12)10-14-13-4-3-9-17-15(13)18-16(14)20/h3-10H,1-2H3,(H,17,18,20)/b14-10+. The summed E-state index contributed by atoms with van der Waals surface area (Å²) in [7, 11) is 4.00. The van der Waals surface area contributed by atoms with Gasteiger partial charge in [0.1, 0.15) is 5.82 Å². The molecule has 20 heavy (non-hydrogen) atoms. The number of aromatic nitrogens is 1. The molecule has 0 spiro atoms. The van der Waals surface area contributed by atoms with Gasteiger partial charge in [0.25, 0.3) is 5.91 Å². The van der Waals surface area contributed by atoms with Crippen molar-refractivity contribution in [3.8, 4) is 0 Å². The third-order valence-corrected chi connectivity index (χ3v) is 3.29. The molecule has 1 aliphatic heterocycles. The van der Waals surface area contributed by atoms with Crippen molar-refractivity contribution in [3.05, 3.63) is 53.7 Å². The van der Waals surface area contributed by atoms with E-state index in [1.807, 2.05) is 61.5 Å². The topological polar surface area (TPSA) is 45.2 Å². The maximum Gasteiger partial charge on any atom is 0.257 e. The minimum atomic E-state index is -0.101. The van der Waals surface area contributed by atoms with Crippen LogP contribution in [0.1, 0.15) is 11.1 Å². The number of hydrogen-bond acceptors (Lipinski definition) is 3. The van der Waals surface area contributed by atoms with Crippen molar-refractivity contribution in [2.24, 2.45) is 0 Å². The maximum atomic E-state index is 12.0. The zero-order valence-corrected chi connectivity index (χ0v) is 11.4. The van der Waals surface area contributed by atoms with E-state index in [2.05, 4.69) is 10.3 Å². The van der Waals surface area contributed by atoms with Gasteiger partial charge < -0.3 is 10.2 Å². The molecule has 1 aliphatic rings. The number of anilines is 2. The van der Waals surface area contributed by atoms with E-state index in [1.54, 1.807) is 6.20 Å². The summed E-state index contributed by atoms with van der Waals surface area (Å²) < 4.78 is 0. The van der Waals surface area contributed by atoms with Crippen molar-refractivity contribution in [2.75, 3.05) is 24.3 Å². The van der Waals surface area contributed by atoms with Crippen LogP contribution >= 0.6 is 0 Å². The van der Waals surface area contributed by atoms with Crippen LogP contribution in [-0.4, -0.2) is 25.0 Å². The molecule has 4 nitrogen and oxygen atoms in total. The van der Waals surface area contributed by atoms with Crippen LogP contribution in [0.3, 0.4) is 0 Å². The number of carbonyl (C=O) groups excluding carboxylic acids is 1. The number of fused-ring (bicyclic) bond motifs is 1. The molecule has 0 radical (unpaired) electrons. The average molecular weight is 265 g/mol. The SMILES string of the molecule is CN(C)c1ccc(/C=C2/C(=O)Nc3ncccc32)cc1. The Labute approximate surface area is 117 Å². The van der Waals surface area contributed by atoms with E-state index in [4.69, 9.17) is 0 Å². The van der Waals surface area contributed by atoms with Crippen LogP contribution in [-0.2, 0) is 4.79 Å². The van der Waals surface area contributed by atoms with Gasteiger partial charge in [-0.1, -0.05) is 12.1 Å². The fourth-order valence-electron chi connectivity index (χ4n) is 2.20. The summed E-state index contributed by atoms with van der Waals surface area (Å²) in [6.45, 7) is 0. The second-order valence-electron chi connectivity index (χ2n) is 4.90. The lowest BCUT2D eigenvalue weighted by molar-refractivity contribution is -0.110. The van der Waals surface area contributed by atoms with Gasteiger partial charge >= 0.3 is 0 Å². The monoisotopic (exact) mass is 265 g/mol. The number of carbonyl (C=O) groups is 1. The van der Waals surface area contributed by atoms with Crippen LogP contribution in [0, 0.1) is 0 Å². The molecule has 0 unspecified atom stereocenters. The summed E-state index contributed by atoms with van der Waals surface area (Å²) in [5, 5.41) is 2.77. The predicted molar refractivity (Wildman–Crippen MR) is 81.5 cm³/mol. The summed E-state index contributed by atoms with van der Waals surface area (Å²) in [6, 6.07) is 11.8. The first kappa shape index (κ1) is 12.4. The normalized spacial score (nSPS) is 15.1. The Kier molecular flexibility index (Phi) is 2.99. The van der Waals surface area contributed by atoms with Crippen LogP contribution in [0.25, 0.3) is 11.6 Å². The molecule has 4 heteroatoms. The molecule has 1 N–H and O–H groups in total. The van der Waals surface area contributed by atoms with E-state index in [-0.39, 0.29) is 5.91 Å². The molecule has 0 atom stereocenters. The van der Waals surface area contributed by atoms with Gasteiger partial charge in [0.05, 0.1) is 5.57 Å². The zero-order valence-electron chi connectivity index (χ0n) is 11.4. The molecule has 100 valence electrons. The van der Waals surface area contributed by atoms with Gasteiger partial charge in [0.2, 0.25) is 0 Å². The predicted octanol–water partition coefficient (Wildman–Crippen LogP) is 2.64. The van der Waals surface area contributed by atoms with E-state index < -0.39 is 0 Å². The summed E-state index contributed by atoms with van der Waals surface area (Å²) in [6.07, 6.45) is 3.57. The highest BCUT2D eigenvalue weighted by Crippen LogP contribution is 2.31. The smallest absolute Gasteiger partial charge is 0.257 e. The van der Waals surface area contributed by atoms with Gasteiger partial charge in [0, 0.05) is 31.5 Å². The Hall–Kier alpha value is -2.62. The van der Waals surface area contributed by atoms with Crippen molar-refractivity contribution in [3.63, 3.8) is 0 Å². The average Bonchev–Trinajstić information content (AvgIpc) is 2.76. The molecule has 0 saturated carbocycles. The Morgan fingerprint density at radius 3 is 2.60 bits per heavy atom. The summed E-state index contributed by atoms with van der Waals surface area (Å²) in [5.74, 6) is 0.532. The molecule has 0 fully saturated rings. The number of hydrogen-bond donors (Lipinski definition) is 1. The van der Waals surface area contributed by atoms with Crippen molar-refractivity contribution < 1.29 is 4.79 Å². The van der Waals surface area contributed by atoms with E-state index in [9.17, 15) is 4.79 Å². The van der Waals surface area contributed by atoms with Crippen molar-refractivity contribution in [1.29, 1.82) is 0 Å². The molecule has 1 amide bonds. The highest BCUT2D eigenvalue weighted by atomic mass is 16.2. The molecule has 2 aromatic rings. The molecule has 1 aromatic heterocycles. The minimum absolute atomic E-state index is 0.101. The summed E-state index contributed by atoms with van der Waals surface area (Å²) >= 11 is 0. The number of rotatable bonds is 2. The van der Waals surface area contributed by atoms with E-state index in [0.717, 1.165) is 16.8 Å². The lowest BCUT2D eigenvalue weighted by atomic mass is 10.1. The van der Waals surface area contributed by atoms with Gasteiger partial charge in [0.15, 0.2) is 0 Å². The molecule has 0 bridgehead atoms. The second-order valence-corrected chi connectivity index (χ2v) is 4.90. The van der Waals surface area contributed by atoms with E-state index in [0.29, 0.717) is 11.4 Å². The lowest BCUT2D eigenvalue weighted by Crippen LogP contribution is -2.08. The molecule has 0 aliphatic carbocycles. The zero-order chi connectivity index (χ0) is 14.1. The second kappa shape index (κ2) is 4.81. The van der Waals surface area contributed by atoms with Gasteiger partial charge in [-0.25, -0.2) is 4.98 Å². The fraction of sp³-hybridized carbons (Fsp3) is 0.125. The van der Waals surface area contributed by atoms with Gasteiger partial charge in [-0.3, -0.25) is 4.79 Å². The maximum absolute atomic E-state index is 12.0. The third-order valence-electron chi connectivity index (χ3n) is 3.29. The number of amides is 1. The first-order valence-electron chi connectivity index (χ1n) is 6.41. The molecular weight excluding hydrogens is 250 g/mol. The number of benzene rings is 1. The third kappa shape index (κ3) is 2.16. The van der Waals surface area contributed by atoms with Gasteiger partial charge in [-0.2, -0.15) is 0 Å². The number of nitrogens with zero attached hydrogens (tertiary/aromatic N) is 2. The largest absolute Gasteiger partial charge is 0.378 e. The molecule has 2 heterocycles. The fourth-order valence-corrected chi connectivity index (χ4v) is 2.20. The lowest BCUT2D eigenvalue weighted by Gasteiger charge is -2.11. The molecule has 0 saturated heterocycles. The van der Waals surface area contributed by atoms with Crippen LogP contribution in [0.5, 0.6) is 0 Å². The number of pyridine rings is 1. The Balaban J connectivity index is 1.98. The Bertz CT molecular complexity index is 687. The van der Waals surface area contributed by atoms with Crippen LogP contribution in [0.2, 0.25) is 0 Å². The quantitative estimate of drug-likeness (QED) is 0.849. The van der Waals surface area contributed by atoms with Crippen molar-refractivity contribution >= 4 is 29.1 Å². The van der Waals surface area contributed by atoms with Crippen LogP contribution in [0.15, 0.2) is 42.6 Å². The van der Waals surface area contributed by atoms with Gasteiger partial charge in [-0.15, -0.1) is 0 Å². The van der Waals surface area contributed by atoms with Crippen LogP contribution < -0.4 is 10.2 Å². The molecule has 3 rings (SSSR count). The van der Waals surface area contributed by atoms with Crippen molar-refractivity contribution in [2.45, 2.75) is 0 Å². The molecular formula is C16H15N3O. The first-order valence-corrected chi connectivity index (χ1v) is 6.41. The van der Waals surface area contributed by atoms with Crippen molar-refractivity contribution in [1.82, 2.24) is 4.98 Å². The molecule has 1 aromatic carbocycles. The first-order chi connectivity index (χ1) is 9.65. The Morgan fingerprint density at radius 1 is 1.15 bits per heavy atom. The number of nitrogens with one attached hydrogen (secondary N) is 1. The minimum Gasteiger partial charge on any atom is -0.378 e. The highest BCUT2D eigenvalue weighted by Gasteiger charge is 2.24. The van der Waals surface area contributed by atoms with Crippen LogP contribution in [0.4, 0.5) is 11.5 Å². The summed E-state index contributed by atoms with van der Waals surface area (Å²) in [4.78, 5) is 18.2. The van der Waals surface area contributed by atoms with E-state index >= 15 is 0 Å². The highest BCUT2D eigenvalue weighted by molar-refractivity contribution is 6.34.